The molecule has 1 aromatic rings. The standard InChI is InChI=1S/C14H24N2S/c1-4-12-9-16(8-7-13(12)15)11(3)14-6-5-10(2)17-14/h5-6,11-13H,4,7-9,15H2,1-3H3. The van der Waals surface area contributed by atoms with Crippen LogP contribution in [0.3, 0.4) is 0 Å². The first kappa shape index (κ1) is 13.1. The first-order valence-corrected chi connectivity index (χ1v) is 7.49. The van der Waals surface area contributed by atoms with Gasteiger partial charge in [-0.1, -0.05) is 13.3 Å². The van der Waals surface area contributed by atoms with Gasteiger partial charge >= 0.3 is 0 Å². The first-order chi connectivity index (χ1) is 8.11. The highest BCUT2D eigenvalue weighted by molar-refractivity contribution is 7.12. The molecule has 0 bridgehead atoms. The Balaban J connectivity index is 2.03. The van der Waals surface area contributed by atoms with Gasteiger partial charge in [-0.2, -0.15) is 0 Å². The molecule has 17 heavy (non-hydrogen) atoms. The average molecular weight is 252 g/mol. The number of nitrogens with two attached hydrogens (primary N) is 1. The lowest BCUT2D eigenvalue weighted by Gasteiger charge is -2.39. The fraction of sp³-hybridized carbons (Fsp3) is 0.714. The predicted molar refractivity (Wildman–Crippen MR) is 75.4 cm³/mol. The Bertz CT molecular complexity index is 361. The highest BCUT2D eigenvalue weighted by Crippen LogP contribution is 2.31. The van der Waals surface area contributed by atoms with E-state index in [4.69, 9.17) is 5.73 Å². The van der Waals surface area contributed by atoms with Gasteiger partial charge in [-0.3, -0.25) is 4.90 Å². The quantitative estimate of drug-likeness (QED) is 0.895. The van der Waals surface area contributed by atoms with Crippen molar-refractivity contribution in [1.82, 2.24) is 4.90 Å². The molecule has 0 aromatic carbocycles. The summed E-state index contributed by atoms with van der Waals surface area (Å²) in [7, 11) is 0. The molecule has 2 rings (SSSR count). The lowest BCUT2D eigenvalue weighted by atomic mass is 9.90. The van der Waals surface area contributed by atoms with Gasteiger partial charge in [0.25, 0.3) is 0 Å². The number of hydrogen-bond donors (Lipinski definition) is 1. The molecular weight excluding hydrogens is 228 g/mol. The van der Waals surface area contributed by atoms with Gasteiger partial charge in [0, 0.05) is 34.9 Å². The van der Waals surface area contributed by atoms with E-state index in [1.807, 2.05) is 11.3 Å². The summed E-state index contributed by atoms with van der Waals surface area (Å²) in [5.74, 6) is 0.673. The summed E-state index contributed by atoms with van der Waals surface area (Å²) >= 11 is 1.93. The van der Waals surface area contributed by atoms with Crippen LogP contribution in [0, 0.1) is 12.8 Å². The number of aryl methyl sites for hydroxylation is 1. The van der Waals surface area contributed by atoms with Crippen molar-refractivity contribution in [2.45, 2.75) is 45.7 Å². The van der Waals surface area contributed by atoms with E-state index in [-0.39, 0.29) is 0 Å². The second kappa shape index (κ2) is 5.51. The lowest BCUT2D eigenvalue weighted by Crippen LogP contribution is -2.47. The average Bonchev–Trinajstić information content (AvgIpc) is 2.75. The topological polar surface area (TPSA) is 29.3 Å². The number of hydrogen-bond acceptors (Lipinski definition) is 3. The van der Waals surface area contributed by atoms with Crippen LogP contribution in [0.15, 0.2) is 12.1 Å². The number of nitrogens with zero attached hydrogens (tertiary/aromatic N) is 1. The second-order valence-electron chi connectivity index (χ2n) is 5.24. The highest BCUT2D eigenvalue weighted by atomic mass is 32.1. The third-order valence-electron chi connectivity index (χ3n) is 4.07. The number of thiophene rings is 1. The maximum atomic E-state index is 6.17. The van der Waals surface area contributed by atoms with Crippen LogP contribution in [0.5, 0.6) is 0 Å². The molecule has 2 heterocycles. The summed E-state index contributed by atoms with van der Waals surface area (Å²) in [4.78, 5) is 5.50. The Morgan fingerprint density at radius 1 is 1.53 bits per heavy atom. The monoisotopic (exact) mass is 252 g/mol. The molecule has 96 valence electrons. The molecule has 2 nitrogen and oxygen atoms in total. The van der Waals surface area contributed by atoms with Crippen molar-refractivity contribution in [2.24, 2.45) is 11.7 Å². The smallest absolute Gasteiger partial charge is 0.0413 e. The molecule has 1 aromatic heterocycles. The van der Waals surface area contributed by atoms with E-state index in [1.54, 1.807) is 0 Å². The van der Waals surface area contributed by atoms with E-state index in [2.05, 4.69) is 37.8 Å². The minimum atomic E-state index is 0.411. The summed E-state index contributed by atoms with van der Waals surface area (Å²) in [6.45, 7) is 9.08. The second-order valence-corrected chi connectivity index (χ2v) is 6.56. The minimum absolute atomic E-state index is 0.411. The van der Waals surface area contributed by atoms with Crippen molar-refractivity contribution in [3.05, 3.63) is 21.9 Å². The SMILES string of the molecule is CCC1CN(C(C)c2ccc(C)s2)CCC1N. The van der Waals surface area contributed by atoms with Crippen LogP contribution in [0.25, 0.3) is 0 Å². The Morgan fingerprint density at radius 3 is 2.88 bits per heavy atom. The van der Waals surface area contributed by atoms with Crippen molar-refractivity contribution < 1.29 is 0 Å². The number of likely N-dealkylation sites (tertiary alicyclic amines) is 1. The molecule has 2 N–H and O–H groups in total. The van der Waals surface area contributed by atoms with Gasteiger partial charge in [-0.15, -0.1) is 11.3 Å². The Hall–Kier alpha value is -0.380. The summed E-state index contributed by atoms with van der Waals surface area (Å²) < 4.78 is 0. The third-order valence-corrected chi connectivity index (χ3v) is 5.24. The van der Waals surface area contributed by atoms with Gasteiger partial charge in [0.15, 0.2) is 0 Å². The van der Waals surface area contributed by atoms with Gasteiger partial charge in [0.05, 0.1) is 0 Å². The summed E-state index contributed by atoms with van der Waals surface area (Å²) in [6, 6.07) is 5.47. The van der Waals surface area contributed by atoms with Crippen LogP contribution in [0.2, 0.25) is 0 Å². The third kappa shape index (κ3) is 2.90. The van der Waals surface area contributed by atoms with Crippen molar-refractivity contribution in [3.8, 4) is 0 Å². The van der Waals surface area contributed by atoms with Crippen molar-refractivity contribution in [1.29, 1.82) is 0 Å². The highest BCUT2D eigenvalue weighted by Gasteiger charge is 2.28. The molecule has 1 fully saturated rings. The number of rotatable bonds is 3. The van der Waals surface area contributed by atoms with Crippen molar-refractivity contribution in [3.63, 3.8) is 0 Å². The van der Waals surface area contributed by atoms with E-state index in [0.29, 0.717) is 18.0 Å². The van der Waals surface area contributed by atoms with Crippen LogP contribution in [0.4, 0.5) is 0 Å². The van der Waals surface area contributed by atoms with Gasteiger partial charge in [-0.25, -0.2) is 0 Å². The Labute approximate surface area is 109 Å². The molecular formula is C14H24N2S. The molecule has 1 aliphatic rings. The molecule has 3 unspecified atom stereocenters. The normalized spacial score (nSPS) is 28.2. The maximum absolute atomic E-state index is 6.17. The fourth-order valence-electron chi connectivity index (χ4n) is 2.72. The predicted octanol–water partition coefficient (Wildman–Crippen LogP) is 3.18. The van der Waals surface area contributed by atoms with E-state index in [0.717, 1.165) is 19.5 Å². The lowest BCUT2D eigenvalue weighted by molar-refractivity contribution is 0.116. The van der Waals surface area contributed by atoms with E-state index in [1.165, 1.54) is 16.2 Å². The molecule has 1 saturated heterocycles. The molecule has 1 aliphatic heterocycles. The number of piperidine rings is 1. The summed E-state index contributed by atoms with van der Waals surface area (Å²) in [6.07, 6.45) is 2.35. The molecule has 3 atom stereocenters. The van der Waals surface area contributed by atoms with Crippen LogP contribution in [0.1, 0.15) is 42.5 Å². The van der Waals surface area contributed by atoms with E-state index < -0.39 is 0 Å². The van der Waals surface area contributed by atoms with Crippen LogP contribution >= 0.6 is 11.3 Å². The fourth-order valence-corrected chi connectivity index (χ4v) is 3.68. The molecule has 0 radical (unpaired) electrons. The van der Waals surface area contributed by atoms with E-state index in [9.17, 15) is 0 Å². The Morgan fingerprint density at radius 2 is 2.29 bits per heavy atom. The van der Waals surface area contributed by atoms with Crippen LogP contribution < -0.4 is 5.73 Å². The molecule has 0 saturated carbocycles. The largest absolute Gasteiger partial charge is 0.327 e. The zero-order chi connectivity index (χ0) is 12.4. The van der Waals surface area contributed by atoms with Gasteiger partial charge in [-0.05, 0) is 38.3 Å². The van der Waals surface area contributed by atoms with Gasteiger partial charge in [0.2, 0.25) is 0 Å². The van der Waals surface area contributed by atoms with Crippen LogP contribution in [-0.2, 0) is 0 Å². The molecule has 3 heteroatoms. The van der Waals surface area contributed by atoms with E-state index >= 15 is 0 Å². The molecule has 0 aliphatic carbocycles. The summed E-state index contributed by atoms with van der Waals surface area (Å²) in [5, 5.41) is 0. The molecule has 0 amide bonds. The van der Waals surface area contributed by atoms with Crippen LogP contribution in [-0.4, -0.2) is 24.0 Å². The van der Waals surface area contributed by atoms with Crippen molar-refractivity contribution >= 4 is 11.3 Å². The minimum Gasteiger partial charge on any atom is -0.327 e. The first-order valence-electron chi connectivity index (χ1n) is 6.67. The molecule has 0 spiro atoms. The summed E-state index contributed by atoms with van der Waals surface area (Å²) in [5.41, 5.74) is 6.17. The van der Waals surface area contributed by atoms with Crippen molar-refractivity contribution in [2.75, 3.05) is 13.1 Å². The van der Waals surface area contributed by atoms with Gasteiger partial charge < -0.3 is 5.73 Å². The Kier molecular flexibility index (Phi) is 4.23. The van der Waals surface area contributed by atoms with Gasteiger partial charge in [0.1, 0.15) is 0 Å². The maximum Gasteiger partial charge on any atom is 0.0413 e. The zero-order valence-electron chi connectivity index (χ0n) is 11.1. The zero-order valence-corrected chi connectivity index (χ0v) is 12.0.